The van der Waals surface area contributed by atoms with E-state index in [0.29, 0.717) is 5.92 Å². The Bertz CT molecular complexity index is 474. The van der Waals surface area contributed by atoms with Gasteiger partial charge in [0.25, 0.3) is 0 Å². The number of nitrogens with zero attached hydrogens (tertiary/aromatic N) is 2. The van der Waals surface area contributed by atoms with E-state index < -0.39 is 0 Å². The average molecular weight is 303 g/mol. The Kier molecular flexibility index (Phi) is 5.98. The largest absolute Gasteiger partial charge is 0.344 e. The average Bonchev–Trinajstić information content (AvgIpc) is 2.93. The smallest absolute Gasteiger partial charge is 0.239 e. The molecule has 4 nitrogen and oxygen atoms in total. The molecule has 2 rings (SSSR count). The fraction of sp³-hybridized carbons (Fsp3) is 0.611. The lowest BCUT2D eigenvalue weighted by Crippen LogP contribution is -2.46. The molecule has 1 aromatic carbocycles. The van der Waals surface area contributed by atoms with Crippen molar-refractivity contribution in [1.82, 2.24) is 9.80 Å². The van der Waals surface area contributed by atoms with Crippen LogP contribution in [0.1, 0.15) is 25.8 Å². The molecule has 2 N–H and O–H groups in total. The van der Waals surface area contributed by atoms with Crippen molar-refractivity contribution in [3.63, 3.8) is 0 Å². The zero-order valence-corrected chi connectivity index (χ0v) is 14.0. The topological polar surface area (TPSA) is 49.6 Å². The zero-order valence-electron chi connectivity index (χ0n) is 14.0. The van der Waals surface area contributed by atoms with E-state index in [2.05, 4.69) is 35.2 Å². The van der Waals surface area contributed by atoms with Crippen LogP contribution in [0.15, 0.2) is 30.3 Å². The summed E-state index contributed by atoms with van der Waals surface area (Å²) >= 11 is 0. The Balaban J connectivity index is 1.80. The van der Waals surface area contributed by atoms with Crippen molar-refractivity contribution < 1.29 is 4.79 Å². The third kappa shape index (κ3) is 4.55. The molecule has 0 radical (unpaired) electrons. The third-order valence-corrected chi connectivity index (χ3v) is 4.53. The number of rotatable bonds is 6. The summed E-state index contributed by atoms with van der Waals surface area (Å²) in [7, 11) is 1.88. The molecule has 0 bridgehead atoms. The molecule has 122 valence electrons. The van der Waals surface area contributed by atoms with Gasteiger partial charge < -0.3 is 10.6 Å². The van der Waals surface area contributed by atoms with Gasteiger partial charge in [-0.2, -0.15) is 0 Å². The van der Waals surface area contributed by atoms with Gasteiger partial charge in [0, 0.05) is 26.7 Å². The molecule has 1 aromatic rings. The molecule has 1 heterocycles. The second-order valence-corrected chi connectivity index (χ2v) is 6.86. The SMILES string of the molecule is CC(C)C(N)C(=O)N(C)CC1CCN(Cc2ccccc2)C1. The van der Waals surface area contributed by atoms with Crippen LogP contribution in [0.3, 0.4) is 0 Å². The molecule has 1 fully saturated rings. The summed E-state index contributed by atoms with van der Waals surface area (Å²) in [6, 6.07) is 10.2. The minimum Gasteiger partial charge on any atom is -0.344 e. The number of benzene rings is 1. The predicted octanol–water partition coefficient (Wildman–Crippen LogP) is 1.95. The quantitative estimate of drug-likeness (QED) is 0.874. The van der Waals surface area contributed by atoms with Crippen molar-refractivity contribution in [3.8, 4) is 0 Å². The minimum atomic E-state index is -0.383. The first-order chi connectivity index (χ1) is 10.5. The molecular weight excluding hydrogens is 274 g/mol. The molecule has 1 amide bonds. The second-order valence-electron chi connectivity index (χ2n) is 6.86. The normalized spacial score (nSPS) is 20.3. The highest BCUT2D eigenvalue weighted by atomic mass is 16.2. The molecule has 0 aliphatic carbocycles. The molecule has 1 saturated heterocycles. The van der Waals surface area contributed by atoms with Gasteiger partial charge in [-0.1, -0.05) is 44.2 Å². The summed E-state index contributed by atoms with van der Waals surface area (Å²) in [5.41, 5.74) is 7.32. The first kappa shape index (κ1) is 17.0. The molecule has 0 spiro atoms. The van der Waals surface area contributed by atoms with Crippen LogP contribution in [-0.2, 0) is 11.3 Å². The van der Waals surface area contributed by atoms with Gasteiger partial charge in [-0.15, -0.1) is 0 Å². The highest BCUT2D eigenvalue weighted by Gasteiger charge is 2.27. The van der Waals surface area contributed by atoms with Gasteiger partial charge in [-0.05, 0) is 30.4 Å². The first-order valence-electron chi connectivity index (χ1n) is 8.24. The first-order valence-corrected chi connectivity index (χ1v) is 8.24. The van der Waals surface area contributed by atoms with E-state index >= 15 is 0 Å². The molecule has 0 saturated carbocycles. The van der Waals surface area contributed by atoms with Crippen LogP contribution in [0.25, 0.3) is 0 Å². The number of carbonyl (C=O) groups is 1. The van der Waals surface area contributed by atoms with Crippen molar-refractivity contribution in [1.29, 1.82) is 0 Å². The number of amides is 1. The maximum Gasteiger partial charge on any atom is 0.239 e. The van der Waals surface area contributed by atoms with Gasteiger partial charge in [0.15, 0.2) is 0 Å². The molecule has 22 heavy (non-hydrogen) atoms. The predicted molar refractivity (Wildman–Crippen MR) is 90.3 cm³/mol. The lowest BCUT2D eigenvalue weighted by atomic mass is 10.0. The van der Waals surface area contributed by atoms with Gasteiger partial charge in [0.2, 0.25) is 5.91 Å². The Morgan fingerprint density at radius 1 is 1.36 bits per heavy atom. The summed E-state index contributed by atoms with van der Waals surface area (Å²) in [6.07, 6.45) is 1.15. The Morgan fingerprint density at radius 2 is 2.05 bits per heavy atom. The Morgan fingerprint density at radius 3 is 2.68 bits per heavy atom. The molecule has 4 heteroatoms. The fourth-order valence-electron chi connectivity index (χ4n) is 3.06. The van der Waals surface area contributed by atoms with Crippen molar-refractivity contribution in [2.75, 3.05) is 26.7 Å². The standard InChI is InChI=1S/C18H29N3O/c1-14(2)17(19)18(22)20(3)11-16-9-10-21(13-16)12-15-7-5-4-6-8-15/h4-8,14,16-17H,9-13,19H2,1-3H3. The Labute approximate surface area is 134 Å². The number of likely N-dealkylation sites (tertiary alicyclic amines) is 1. The summed E-state index contributed by atoms with van der Waals surface area (Å²) < 4.78 is 0. The van der Waals surface area contributed by atoms with Gasteiger partial charge in [0.05, 0.1) is 6.04 Å². The Hall–Kier alpha value is -1.39. The lowest BCUT2D eigenvalue weighted by Gasteiger charge is -2.26. The van der Waals surface area contributed by atoms with Crippen LogP contribution in [0, 0.1) is 11.8 Å². The van der Waals surface area contributed by atoms with Gasteiger partial charge in [-0.3, -0.25) is 9.69 Å². The number of carbonyl (C=O) groups excluding carboxylic acids is 1. The van der Waals surface area contributed by atoms with Crippen molar-refractivity contribution >= 4 is 5.91 Å². The van der Waals surface area contributed by atoms with Crippen molar-refractivity contribution in [3.05, 3.63) is 35.9 Å². The summed E-state index contributed by atoms with van der Waals surface area (Å²) in [4.78, 5) is 16.5. The molecule has 2 atom stereocenters. The van der Waals surface area contributed by atoms with Crippen molar-refractivity contribution in [2.45, 2.75) is 32.9 Å². The summed E-state index contributed by atoms with van der Waals surface area (Å²) in [6.45, 7) is 7.97. The number of nitrogens with two attached hydrogens (primary N) is 1. The fourth-order valence-corrected chi connectivity index (χ4v) is 3.06. The monoisotopic (exact) mass is 303 g/mol. The van der Waals surface area contributed by atoms with Crippen LogP contribution in [0.4, 0.5) is 0 Å². The second kappa shape index (κ2) is 7.75. The van der Waals surface area contributed by atoms with E-state index in [9.17, 15) is 4.79 Å². The van der Waals surface area contributed by atoms with E-state index in [1.807, 2.05) is 25.8 Å². The van der Waals surface area contributed by atoms with E-state index in [1.165, 1.54) is 5.56 Å². The van der Waals surface area contributed by atoms with Crippen LogP contribution in [-0.4, -0.2) is 48.4 Å². The van der Waals surface area contributed by atoms with Crippen LogP contribution >= 0.6 is 0 Å². The zero-order chi connectivity index (χ0) is 16.1. The molecule has 1 aliphatic heterocycles. The van der Waals surface area contributed by atoms with Gasteiger partial charge in [0.1, 0.15) is 0 Å². The molecule has 2 unspecified atom stereocenters. The maximum absolute atomic E-state index is 12.2. The summed E-state index contributed by atoms with van der Waals surface area (Å²) in [5, 5.41) is 0. The van der Waals surface area contributed by atoms with E-state index in [0.717, 1.165) is 32.6 Å². The molecular formula is C18H29N3O. The highest BCUT2D eigenvalue weighted by Crippen LogP contribution is 2.20. The molecule has 0 aromatic heterocycles. The van der Waals surface area contributed by atoms with Gasteiger partial charge >= 0.3 is 0 Å². The van der Waals surface area contributed by atoms with Crippen molar-refractivity contribution in [2.24, 2.45) is 17.6 Å². The number of hydrogen-bond donors (Lipinski definition) is 1. The number of hydrogen-bond acceptors (Lipinski definition) is 3. The van der Waals surface area contributed by atoms with E-state index in [1.54, 1.807) is 0 Å². The van der Waals surface area contributed by atoms with Crippen LogP contribution < -0.4 is 5.73 Å². The lowest BCUT2D eigenvalue weighted by molar-refractivity contribution is -0.132. The maximum atomic E-state index is 12.2. The van der Waals surface area contributed by atoms with Crippen LogP contribution in [0.2, 0.25) is 0 Å². The highest BCUT2D eigenvalue weighted by molar-refractivity contribution is 5.81. The third-order valence-electron chi connectivity index (χ3n) is 4.53. The summed E-state index contributed by atoms with van der Waals surface area (Å²) in [5.74, 6) is 0.807. The molecule has 1 aliphatic rings. The number of likely N-dealkylation sites (N-methyl/N-ethyl adjacent to an activating group) is 1. The van der Waals surface area contributed by atoms with E-state index in [4.69, 9.17) is 5.73 Å². The van der Waals surface area contributed by atoms with Crippen LogP contribution in [0.5, 0.6) is 0 Å². The minimum absolute atomic E-state index is 0.0662. The van der Waals surface area contributed by atoms with E-state index in [-0.39, 0.29) is 17.9 Å². The van der Waals surface area contributed by atoms with Gasteiger partial charge in [-0.25, -0.2) is 0 Å².